The first-order valence-electron chi connectivity index (χ1n) is 5.40. The number of aryl methyl sites for hydroxylation is 1. The van der Waals surface area contributed by atoms with Crippen LogP contribution in [-0.2, 0) is 7.05 Å². The Hall–Kier alpha value is -0.850. The SMILES string of the molecule is Cn1cc(C(CN)Oc2ccc(Br)cc2Br)cn1. The Morgan fingerprint density at radius 3 is 2.78 bits per heavy atom. The molecule has 6 heteroatoms. The van der Waals surface area contributed by atoms with E-state index in [1.807, 2.05) is 31.4 Å². The summed E-state index contributed by atoms with van der Waals surface area (Å²) in [6.45, 7) is 0.397. The van der Waals surface area contributed by atoms with Gasteiger partial charge in [0.05, 0.1) is 10.7 Å². The molecule has 1 atom stereocenters. The summed E-state index contributed by atoms with van der Waals surface area (Å²) in [5, 5.41) is 4.13. The first-order valence-corrected chi connectivity index (χ1v) is 6.99. The first-order chi connectivity index (χ1) is 8.60. The van der Waals surface area contributed by atoms with Crippen molar-refractivity contribution in [3.8, 4) is 5.75 Å². The van der Waals surface area contributed by atoms with Crippen LogP contribution in [0.4, 0.5) is 0 Å². The molecule has 0 radical (unpaired) electrons. The van der Waals surface area contributed by atoms with E-state index in [1.165, 1.54) is 0 Å². The molecule has 0 saturated heterocycles. The Morgan fingerprint density at radius 1 is 1.44 bits per heavy atom. The Kier molecular flexibility index (Phi) is 4.42. The van der Waals surface area contributed by atoms with E-state index in [0.29, 0.717) is 6.54 Å². The van der Waals surface area contributed by atoms with Gasteiger partial charge in [-0.2, -0.15) is 5.10 Å². The van der Waals surface area contributed by atoms with Gasteiger partial charge in [-0.1, -0.05) is 15.9 Å². The summed E-state index contributed by atoms with van der Waals surface area (Å²) >= 11 is 6.87. The van der Waals surface area contributed by atoms with Crippen LogP contribution in [0.25, 0.3) is 0 Å². The van der Waals surface area contributed by atoms with Gasteiger partial charge in [0.1, 0.15) is 11.9 Å². The standard InChI is InChI=1S/C12H13Br2N3O/c1-17-7-8(6-16-17)12(5-15)18-11-3-2-9(13)4-10(11)14/h2-4,6-7,12H,5,15H2,1H3. The number of hydrogen-bond donors (Lipinski definition) is 1. The van der Waals surface area contributed by atoms with E-state index in [4.69, 9.17) is 10.5 Å². The third-order valence-corrected chi connectivity index (χ3v) is 3.59. The van der Waals surface area contributed by atoms with E-state index in [1.54, 1.807) is 10.9 Å². The normalized spacial score (nSPS) is 12.4. The fourth-order valence-corrected chi connectivity index (χ4v) is 2.72. The molecular formula is C12H13Br2N3O. The summed E-state index contributed by atoms with van der Waals surface area (Å²) in [6, 6.07) is 5.76. The lowest BCUT2D eigenvalue weighted by molar-refractivity contribution is 0.212. The summed E-state index contributed by atoms with van der Waals surface area (Å²) in [5.74, 6) is 0.762. The van der Waals surface area contributed by atoms with E-state index in [-0.39, 0.29) is 6.10 Å². The first kappa shape index (κ1) is 13.6. The smallest absolute Gasteiger partial charge is 0.139 e. The van der Waals surface area contributed by atoms with Crippen molar-refractivity contribution in [1.82, 2.24) is 9.78 Å². The molecule has 0 spiro atoms. The van der Waals surface area contributed by atoms with Crippen molar-refractivity contribution >= 4 is 31.9 Å². The molecule has 96 valence electrons. The predicted molar refractivity (Wildman–Crippen MR) is 77.5 cm³/mol. The highest BCUT2D eigenvalue weighted by Gasteiger charge is 2.15. The highest BCUT2D eigenvalue weighted by atomic mass is 79.9. The lowest BCUT2D eigenvalue weighted by Gasteiger charge is -2.17. The highest BCUT2D eigenvalue weighted by Crippen LogP contribution is 2.31. The predicted octanol–water partition coefficient (Wildman–Crippen LogP) is 3.02. The van der Waals surface area contributed by atoms with Crippen LogP contribution < -0.4 is 10.5 Å². The van der Waals surface area contributed by atoms with E-state index >= 15 is 0 Å². The van der Waals surface area contributed by atoms with Crippen molar-refractivity contribution in [3.63, 3.8) is 0 Å². The number of rotatable bonds is 4. The van der Waals surface area contributed by atoms with Crippen LogP contribution in [0, 0.1) is 0 Å². The van der Waals surface area contributed by atoms with Crippen LogP contribution >= 0.6 is 31.9 Å². The maximum atomic E-state index is 5.90. The zero-order valence-corrected chi connectivity index (χ0v) is 13.0. The lowest BCUT2D eigenvalue weighted by Crippen LogP contribution is -2.18. The van der Waals surface area contributed by atoms with E-state index in [0.717, 1.165) is 20.3 Å². The van der Waals surface area contributed by atoms with Crippen LogP contribution in [0.15, 0.2) is 39.5 Å². The zero-order valence-electron chi connectivity index (χ0n) is 9.81. The molecule has 0 saturated carbocycles. The maximum absolute atomic E-state index is 5.90. The molecule has 2 aromatic rings. The number of hydrogen-bond acceptors (Lipinski definition) is 3. The largest absolute Gasteiger partial charge is 0.483 e. The van der Waals surface area contributed by atoms with Gasteiger partial charge in [0.25, 0.3) is 0 Å². The second-order valence-corrected chi connectivity index (χ2v) is 5.63. The van der Waals surface area contributed by atoms with Crippen LogP contribution in [0.1, 0.15) is 11.7 Å². The fourth-order valence-electron chi connectivity index (χ4n) is 1.58. The molecular weight excluding hydrogens is 362 g/mol. The number of nitrogens with two attached hydrogens (primary N) is 1. The van der Waals surface area contributed by atoms with Crippen molar-refractivity contribution in [2.24, 2.45) is 12.8 Å². The van der Waals surface area contributed by atoms with Crippen molar-refractivity contribution in [1.29, 1.82) is 0 Å². The molecule has 0 aliphatic heterocycles. The molecule has 4 nitrogen and oxygen atoms in total. The lowest BCUT2D eigenvalue weighted by atomic mass is 10.2. The Balaban J connectivity index is 2.20. The molecule has 0 amide bonds. The van der Waals surface area contributed by atoms with Gasteiger partial charge in [0.15, 0.2) is 0 Å². The van der Waals surface area contributed by atoms with E-state index in [2.05, 4.69) is 37.0 Å². The number of benzene rings is 1. The van der Waals surface area contributed by atoms with E-state index < -0.39 is 0 Å². The van der Waals surface area contributed by atoms with Gasteiger partial charge in [-0.25, -0.2) is 0 Å². The number of halogens is 2. The molecule has 2 N–H and O–H groups in total. The molecule has 1 unspecified atom stereocenters. The molecule has 1 aromatic carbocycles. The minimum Gasteiger partial charge on any atom is -0.483 e. The summed E-state index contributed by atoms with van der Waals surface area (Å²) in [7, 11) is 1.87. The molecule has 2 rings (SSSR count). The van der Waals surface area contributed by atoms with Crippen molar-refractivity contribution in [3.05, 3.63) is 45.1 Å². The van der Waals surface area contributed by atoms with Crippen molar-refractivity contribution < 1.29 is 4.74 Å². The average Bonchev–Trinajstić information content (AvgIpc) is 2.75. The van der Waals surface area contributed by atoms with Crippen LogP contribution in [-0.4, -0.2) is 16.3 Å². The highest BCUT2D eigenvalue weighted by molar-refractivity contribution is 9.11. The molecule has 1 aromatic heterocycles. The van der Waals surface area contributed by atoms with Gasteiger partial charge in [0.2, 0.25) is 0 Å². The number of nitrogens with zero attached hydrogens (tertiary/aromatic N) is 2. The Labute approximate surface area is 122 Å². The van der Waals surface area contributed by atoms with Crippen LogP contribution in [0.5, 0.6) is 5.75 Å². The van der Waals surface area contributed by atoms with Crippen molar-refractivity contribution in [2.75, 3.05) is 6.54 Å². The topological polar surface area (TPSA) is 53.1 Å². The quantitative estimate of drug-likeness (QED) is 0.894. The Bertz CT molecular complexity index is 542. The van der Waals surface area contributed by atoms with Gasteiger partial charge >= 0.3 is 0 Å². The molecule has 1 heterocycles. The monoisotopic (exact) mass is 373 g/mol. The number of ether oxygens (including phenoxy) is 1. The average molecular weight is 375 g/mol. The molecule has 0 aliphatic carbocycles. The second-order valence-electron chi connectivity index (χ2n) is 3.86. The summed E-state index contributed by atoms with van der Waals surface area (Å²) in [5.41, 5.74) is 6.72. The number of aromatic nitrogens is 2. The van der Waals surface area contributed by atoms with Gasteiger partial charge < -0.3 is 10.5 Å². The van der Waals surface area contributed by atoms with Gasteiger partial charge in [-0.05, 0) is 34.1 Å². The van der Waals surface area contributed by atoms with Gasteiger partial charge in [-0.3, -0.25) is 4.68 Å². The molecule has 18 heavy (non-hydrogen) atoms. The molecule has 0 fully saturated rings. The van der Waals surface area contributed by atoms with Crippen LogP contribution in [0.2, 0.25) is 0 Å². The Morgan fingerprint density at radius 2 is 2.22 bits per heavy atom. The molecule has 0 aliphatic rings. The summed E-state index contributed by atoms with van der Waals surface area (Å²) < 4.78 is 9.52. The third-order valence-electron chi connectivity index (χ3n) is 2.47. The van der Waals surface area contributed by atoms with Gasteiger partial charge in [-0.15, -0.1) is 0 Å². The third kappa shape index (κ3) is 3.13. The summed E-state index contributed by atoms with van der Waals surface area (Å²) in [4.78, 5) is 0. The molecule has 0 bridgehead atoms. The summed E-state index contributed by atoms with van der Waals surface area (Å²) in [6.07, 6.45) is 3.48. The zero-order chi connectivity index (χ0) is 13.1. The maximum Gasteiger partial charge on any atom is 0.139 e. The second kappa shape index (κ2) is 5.86. The van der Waals surface area contributed by atoms with Crippen LogP contribution in [0.3, 0.4) is 0 Å². The minimum atomic E-state index is -0.198. The minimum absolute atomic E-state index is 0.198. The van der Waals surface area contributed by atoms with E-state index in [9.17, 15) is 0 Å². The van der Waals surface area contributed by atoms with Crippen molar-refractivity contribution in [2.45, 2.75) is 6.10 Å². The van der Waals surface area contributed by atoms with Gasteiger partial charge in [0, 0.05) is 29.8 Å². The fraction of sp³-hybridized carbons (Fsp3) is 0.250.